The Hall–Kier alpha value is -2.38. The van der Waals surface area contributed by atoms with E-state index in [9.17, 15) is 14.9 Å². The Bertz CT molecular complexity index is 560. The van der Waals surface area contributed by atoms with E-state index in [1.165, 1.54) is 12.3 Å². The van der Waals surface area contributed by atoms with Gasteiger partial charge >= 0.3 is 6.09 Å². The Morgan fingerprint density at radius 3 is 2.52 bits per heavy atom. The van der Waals surface area contributed by atoms with Crippen molar-refractivity contribution in [1.29, 1.82) is 0 Å². The normalized spacial score (nSPS) is 16.0. The van der Waals surface area contributed by atoms with Crippen molar-refractivity contribution in [3.8, 4) is 0 Å². The third-order valence-corrected chi connectivity index (χ3v) is 3.46. The number of likely N-dealkylation sites (tertiary alicyclic amines) is 1. The van der Waals surface area contributed by atoms with Crippen molar-refractivity contribution in [3.05, 3.63) is 28.4 Å². The molecule has 23 heavy (non-hydrogen) atoms. The molecule has 1 fully saturated rings. The van der Waals surface area contributed by atoms with Gasteiger partial charge in [-0.2, -0.15) is 0 Å². The topological polar surface area (TPSA) is 97.6 Å². The van der Waals surface area contributed by atoms with Gasteiger partial charge in [-0.25, -0.2) is 9.78 Å². The molecular weight excluding hydrogens is 300 g/mol. The highest BCUT2D eigenvalue weighted by Crippen LogP contribution is 2.19. The number of nitro groups is 1. The van der Waals surface area contributed by atoms with Gasteiger partial charge in [0.1, 0.15) is 17.6 Å². The van der Waals surface area contributed by atoms with Crippen LogP contribution in [0.2, 0.25) is 0 Å². The number of amides is 1. The first-order chi connectivity index (χ1) is 10.7. The summed E-state index contributed by atoms with van der Waals surface area (Å²) in [6, 6.07) is 3.20. The van der Waals surface area contributed by atoms with Gasteiger partial charge in [-0.05, 0) is 39.7 Å². The first-order valence-electron chi connectivity index (χ1n) is 7.59. The number of nitrogens with one attached hydrogen (secondary N) is 1. The van der Waals surface area contributed by atoms with Crippen LogP contribution in [0.5, 0.6) is 0 Å². The molecule has 0 aromatic carbocycles. The van der Waals surface area contributed by atoms with Crippen molar-refractivity contribution >= 4 is 17.6 Å². The Morgan fingerprint density at radius 1 is 1.39 bits per heavy atom. The van der Waals surface area contributed by atoms with Crippen molar-refractivity contribution in [2.24, 2.45) is 0 Å². The fourth-order valence-electron chi connectivity index (χ4n) is 2.32. The van der Waals surface area contributed by atoms with Crippen LogP contribution >= 0.6 is 0 Å². The average molecular weight is 322 g/mol. The van der Waals surface area contributed by atoms with Crippen molar-refractivity contribution in [3.63, 3.8) is 0 Å². The number of rotatable bonds is 3. The van der Waals surface area contributed by atoms with Crippen LogP contribution < -0.4 is 5.32 Å². The van der Waals surface area contributed by atoms with Gasteiger partial charge in [0, 0.05) is 25.2 Å². The minimum atomic E-state index is -0.491. The molecule has 0 aliphatic carbocycles. The van der Waals surface area contributed by atoms with Crippen molar-refractivity contribution in [1.82, 2.24) is 9.88 Å². The van der Waals surface area contributed by atoms with E-state index in [1.807, 2.05) is 20.8 Å². The highest BCUT2D eigenvalue weighted by Gasteiger charge is 2.26. The summed E-state index contributed by atoms with van der Waals surface area (Å²) in [6.45, 7) is 6.76. The van der Waals surface area contributed by atoms with E-state index in [1.54, 1.807) is 11.0 Å². The maximum absolute atomic E-state index is 12.0. The smallest absolute Gasteiger partial charge is 0.410 e. The highest BCUT2D eigenvalue weighted by molar-refractivity contribution is 5.68. The lowest BCUT2D eigenvalue weighted by Gasteiger charge is -2.33. The lowest BCUT2D eigenvalue weighted by atomic mass is 10.1. The number of nitrogens with zero attached hydrogens (tertiary/aromatic N) is 3. The summed E-state index contributed by atoms with van der Waals surface area (Å²) >= 11 is 0. The molecule has 0 spiro atoms. The third kappa shape index (κ3) is 5.08. The molecule has 1 aromatic heterocycles. The van der Waals surface area contributed by atoms with E-state index in [-0.39, 0.29) is 17.8 Å². The number of carbonyl (C=O) groups is 1. The molecular formula is C15H22N4O4. The number of hydrogen-bond donors (Lipinski definition) is 1. The molecule has 8 nitrogen and oxygen atoms in total. The number of ether oxygens (including phenoxy) is 1. The molecule has 2 rings (SSSR count). The molecule has 1 aliphatic heterocycles. The lowest BCUT2D eigenvalue weighted by molar-refractivity contribution is -0.385. The van der Waals surface area contributed by atoms with E-state index >= 15 is 0 Å². The van der Waals surface area contributed by atoms with Gasteiger partial charge in [0.15, 0.2) is 0 Å². The quantitative estimate of drug-likeness (QED) is 0.679. The minimum absolute atomic E-state index is 0.0321. The SMILES string of the molecule is CC(C)(C)OC(=O)N1CCC(Nc2ccc([N+](=O)[O-])cn2)CC1. The molecule has 0 atom stereocenters. The first-order valence-corrected chi connectivity index (χ1v) is 7.59. The second kappa shape index (κ2) is 6.80. The Balaban J connectivity index is 1.82. The van der Waals surface area contributed by atoms with Crippen LogP contribution in [0.15, 0.2) is 18.3 Å². The standard InChI is InChI=1S/C15H22N4O4/c1-15(2,3)23-14(20)18-8-6-11(7-9-18)17-13-5-4-12(10-16-13)19(21)22/h4-5,10-11H,6-9H2,1-3H3,(H,16,17). The Labute approximate surface area is 135 Å². The number of anilines is 1. The monoisotopic (exact) mass is 322 g/mol. The van der Waals surface area contributed by atoms with E-state index in [2.05, 4.69) is 10.3 Å². The van der Waals surface area contributed by atoms with Crippen LogP contribution in [0.3, 0.4) is 0 Å². The summed E-state index contributed by atoms with van der Waals surface area (Å²) in [5.41, 5.74) is -0.523. The summed E-state index contributed by atoms with van der Waals surface area (Å²) < 4.78 is 5.36. The van der Waals surface area contributed by atoms with Crippen molar-refractivity contribution < 1.29 is 14.5 Å². The second-order valence-electron chi connectivity index (χ2n) is 6.54. The minimum Gasteiger partial charge on any atom is -0.444 e. The third-order valence-electron chi connectivity index (χ3n) is 3.46. The maximum atomic E-state index is 12.0. The zero-order valence-corrected chi connectivity index (χ0v) is 13.6. The van der Waals surface area contributed by atoms with Crippen LogP contribution in [0.25, 0.3) is 0 Å². The lowest BCUT2D eigenvalue weighted by Crippen LogP contribution is -2.44. The molecule has 1 saturated heterocycles. The fraction of sp³-hybridized carbons (Fsp3) is 0.600. The molecule has 0 radical (unpaired) electrons. The maximum Gasteiger partial charge on any atom is 0.410 e. The van der Waals surface area contributed by atoms with Gasteiger partial charge in [0.2, 0.25) is 0 Å². The molecule has 1 N–H and O–H groups in total. The van der Waals surface area contributed by atoms with Crippen LogP contribution in [0, 0.1) is 10.1 Å². The van der Waals surface area contributed by atoms with Crippen LogP contribution in [-0.2, 0) is 4.74 Å². The van der Waals surface area contributed by atoms with Gasteiger partial charge < -0.3 is 15.0 Å². The van der Waals surface area contributed by atoms with E-state index in [4.69, 9.17) is 4.74 Å². The van der Waals surface area contributed by atoms with Crippen LogP contribution in [-0.4, -0.2) is 45.6 Å². The number of pyridine rings is 1. The van der Waals surface area contributed by atoms with Gasteiger partial charge in [0.25, 0.3) is 5.69 Å². The molecule has 0 bridgehead atoms. The molecule has 126 valence electrons. The fourth-order valence-corrected chi connectivity index (χ4v) is 2.32. The number of piperidine rings is 1. The summed E-state index contributed by atoms with van der Waals surface area (Å²) in [5.74, 6) is 0.603. The van der Waals surface area contributed by atoms with E-state index in [0.717, 1.165) is 12.8 Å². The molecule has 0 saturated carbocycles. The zero-order chi connectivity index (χ0) is 17.0. The number of carbonyl (C=O) groups excluding carboxylic acids is 1. The van der Waals surface area contributed by atoms with Crippen molar-refractivity contribution in [2.45, 2.75) is 45.3 Å². The summed E-state index contributed by atoms with van der Waals surface area (Å²) in [7, 11) is 0. The summed E-state index contributed by atoms with van der Waals surface area (Å²) in [4.78, 5) is 27.8. The predicted molar refractivity (Wildman–Crippen MR) is 85.3 cm³/mol. The summed E-state index contributed by atoms with van der Waals surface area (Å²) in [6.07, 6.45) is 2.50. The molecule has 8 heteroatoms. The van der Waals surface area contributed by atoms with E-state index < -0.39 is 10.5 Å². The number of aromatic nitrogens is 1. The predicted octanol–water partition coefficient (Wildman–Crippen LogP) is 2.80. The van der Waals surface area contributed by atoms with Gasteiger partial charge in [-0.1, -0.05) is 0 Å². The number of hydrogen-bond acceptors (Lipinski definition) is 6. The Kier molecular flexibility index (Phi) is 5.02. The molecule has 1 aromatic rings. The van der Waals surface area contributed by atoms with Crippen LogP contribution in [0.4, 0.5) is 16.3 Å². The Morgan fingerprint density at radius 2 is 2.04 bits per heavy atom. The van der Waals surface area contributed by atoms with Crippen molar-refractivity contribution in [2.75, 3.05) is 18.4 Å². The summed E-state index contributed by atoms with van der Waals surface area (Å²) in [5, 5.41) is 13.8. The highest BCUT2D eigenvalue weighted by atomic mass is 16.6. The van der Waals surface area contributed by atoms with Gasteiger partial charge in [0.05, 0.1) is 4.92 Å². The van der Waals surface area contributed by atoms with E-state index in [0.29, 0.717) is 18.9 Å². The largest absolute Gasteiger partial charge is 0.444 e. The second-order valence-corrected chi connectivity index (χ2v) is 6.54. The average Bonchev–Trinajstić information content (AvgIpc) is 2.46. The van der Waals surface area contributed by atoms with Crippen LogP contribution in [0.1, 0.15) is 33.6 Å². The van der Waals surface area contributed by atoms with Gasteiger partial charge in [-0.3, -0.25) is 10.1 Å². The first kappa shape index (κ1) is 17.0. The molecule has 2 heterocycles. The molecule has 1 amide bonds. The zero-order valence-electron chi connectivity index (χ0n) is 13.6. The molecule has 1 aliphatic rings. The van der Waals surface area contributed by atoms with Gasteiger partial charge in [-0.15, -0.1) is 0 Å². The molecule has 0 unspecified atom stereocenters.